The summed E-state index contributed by atoms with van der Waals surface area (Å²) < 4.78 is 45.2. The second kappa shape index (κ2) is 5.87. The summed E-state index contributed by atoms with van der Waals surface area (Å²) in [4.78, 5) is 5.52. The van der Waals surface area contributed by atoms with Crippen molar-refractivity contribution in [3.05, 3.63) is 22.3 Å². The van der Waals surface area contributed by atoms with Gasteiger partial charge in [-0.1, -0.05) is 0 Å². The zero-order valence-corrected chi connectivity index (χ0v) is 12.4. The van der Waals surface area contributed by atoms with Crippen LogP contribution in [0.15, 0.2) is 16.7 Å². The molecule has 1 fully saturated rings. The molecule has 0 aliphatic carbocycles. The topological polar surface area (TPSA) is 51.4 Å². The Morgan fingerprint density at radius 3 is 2.80 bits per heavy atom. The first-order valence-electron chi connectivity index (χ1n) is 6.14. The van der Waals surface area contributed by atoms with E-state index >= 15 is 0 Å². The molecule has 2 atom stereocenters. The van der Waals surface area contributed by atoms with Crippen molar-refractivity contribution < 1.29 is 17.9 Å². The van der Waals surface area contributed by atoms with Crippen LogP contribution < -0.4 is 10.6 Å². The second-order valence-electron chi connectivity index (χ2n) is 4.73. The number of morpholine rings is 1. The number of aromatic nitrogens is 1. The molecule has 2 rings (SSSR count). The summed E-state index contributed by atoms with van der Waals surface area (Å²) in [6.07, 6.45) is -3.57. The van der Waals surface area contributed by atoms with Crippen LogP contribution in [0.1, 0.15) is 12.5 Å². The van der Waals surface area contributed by atoms with Gasteiger partial charge < -0.3 is 15.4 Å². The maximum Gasteiger partial charge on any atom is 0.419 e. The van der Waals surface area contributed by atoms with Gasteiger partial charge in [-0.15, -0.1) is 0 Å². The quantitative estimate of drug-likeness (QED) is 0.886. The van der Waals surface area contributed by atoms with E-state index in [0.717, 1.165) is 6.07 Å². The first kappa shape index (κ1) is 15.5. The van der Waals surface area contributed by atoms with Gasteiger partial charge in [0.1, 0.15) is 5.82 Å². The van der Waals surface area contributed by atoms with E-state index in [4.69, 9.17) is 10.5 Å². The minimum atomic E-state index is -4.45. The molecule has 1 aliphatic rings. The molecule has 1 aromatic heterocycles. The molecule has 0 bridgehead atoms. The SMILES string of the molecule is CC1CN(c2ncc(Br)cc2C(F)(F)F)CC(CN)O1. The van der Waals surface area contributed by atoms with Crippen molar-refractivity contribution in [2.75, 3.05) is 24.5 Å². The normalized spacial score (nSPS) is 24.0. The molecular formula is C12H15BrF3N3O. The first-order valence-corrected chi connectivity index (χ1v) is 6.93. The zero-order chi connectivity index (χ0) is 14.9. The lowest BCUT2D eigenvalue weighted by Gasteiger charge is -2.38. The number of hydrogen-bond acceptors (Lipinski definition) is 4. The molecule has 1 aliphatic heterocycles. The second-order valence-corrected chi connectivity index (χ2v) is 5.65. The van der Waals surface area contributed by atoms with Crippen LogP contribution in [0.2, 0.25) is 0 Å². The van der Waals surface area contributed by atoms with Gasteiger partial charge in [0.2, 0.25) is 0 Å². The minimum absolute atomic E-state index is 0.0747. The Labute approximate surface area is 123 Å². The van der Waals surface area contributed by atoms with Gasteiger partial charge in [-0.2, -0.15) is 13.2 Å². The Balaban J connectivity index is 2.36. The predicted octanol–water partition coefficient (Wildman–Crippen LogP) is 2.42. The Morgan fingerprint density at radius 2 is 2.20 bits per heavy atom. The van der Waals surface area contributed by atoms with Crippen LogP contribution >= 0.6 is 15.9 Å². The van der Waals surface area contributed by atoms with Crippen LogP contribution in [-0.2, 0) is 10.9 Å². The number of nitrogens with zero attached hydrogens (tertiary/aromatic N) is 2. The maximum atomic E-state index is 13.1. The third-order valence-corrected chi connectivity index (χ3v) is 3.46. The molecule has 0 radical (unpaired) electrons. The van der Waals surface area contributed by atoms with Gasteiger partial charge in [0.15, 0.2) is 0 Å². The van der Waals surface area contributed by atoms with Crippen LogP contribution in [0.4, 0.5) is 19.0 Å². The number of halogens is 4. The summed E-state index contributed by atoms with van der Waals surface area (Å²) in [5, 5.41) is 0. The summed E-state index contributed by atoms with van der Waals surface area (Å²) in [5.74, 6) is -0.0747. The number of nitrogens with two attached hydrogens (primary N) is 1. The predicted molar refractivity (Wildman–Crippen MR) is 72.5 cm³/mol. The highest BCUT2D eigenvalue weighted by atomic mass is 79.9. The van der Waals surface area contributed by atoms with Gasteiger partial charge in [0.05, 0.1) is 17.8 Å². The largest absolute Gasteiger partial charge is 0.419 e. The lowest BCUT2D eigenvalue weighted by molar-refractivity contribution is -0.137. The number of hydrogen-bond donors (Lipinski definition) is 1. The number of ether oxygens (including phenoxy) is 1. The zero-order valence-electron chi connectivity index (χ0n) is 10.8. The standard InChI is InChI=1S/C12H15BrF3N3O/c1-7-5-19(6-9(3-17)20-7)11-10(12(14,15)16)2-8(13)4-18-11/h2,4,7,9H,3,5-6,17H2,1H3. The average Bonchev–Trinajstić information content (AvgIpc) is 2.36. The van der Waals surface area contributed by atoms with Gasteiger partial charge in [-0.3, -0.25) is 0 Å². The lowest BCUT2D eigenvalue weighted by atomic mass is 10.1. The van der Waals surface area contributed by atoms with Gasteiger partial charge in [0, 0.05) is 30.3 Å². The first-order chi connectivity index (χ1) is 9.31. The van der Waals surface area contributed by atoms with Crippen molar-refractivity contribution in [3.63, 3.8) is 0 Å². The van der Waals surface area contributed by atoms with Crippen LogP contribution in [-0.4, -0.2) is 36.8 Å². The van der Waals surface area contributed by atoms with E-state index in [1.165, 1.54) is 6.20 Å². The van der Waals surface area contributed by atoms with E-state index in [-0.39, 0.29) is 24.6 Å². The third kappa shape index (κ3) is 3.42. The summed E-state index contributed by atoms with van der Waals surface area (Å²) in [7, 11) is 0. The molecule has 8 heteroatoms. The van der Waals surface area contributed by atoms with E-state index in [1.54, 1.807) is 11.8 Å². The molecule has 0 spiro atoms. The third-order valence-electron chi connectivity index (χ3n) is 3.03. The van der Waals surface area contributed by atoms with Crippen LogP contribution in [0.3, 0.4) is 0 Å². The van der Waals surface area contributed by atoms with Crippen molar-refractivity contribution in [1.29, 1.82) is 0 Å². The molecule has 2 N–H and O–H groups in total. The highest BCUT2D eigenvalue weighted by Gasteiger charge is 2.37. The molecule has 0 saturated carbocycles. The molecule has 1 saturated heterocycles. The Bertz CT molecular complexity index is 484. The molecule has 20 heavy (non-hydrogen) atoms. The molecule has 4 nitrogen and oxygen atoms in total. The monoisotopic (exact) mass is 353 g/mol. The lowest BCUT2D eigenvalue weighted by Crippen LogP contribution is -2.50. The van der Waals surface area contributed by atoms with E-state index < -0.39 is 11.7 Å². The minimum Gasteiger partial charge on any atom is -0.370 e. The maximum absolute atomic E-state index is 13.1. The summed E-state index contributed by atoms with van der Waals surface area (Å²) in [6, 6.07) is 1.04. The summed E-state index contributed by atoms with van der Waals surface area (Å²) in [6.45, 7) is 2.73. The molecule has 1 aromatic rings. The van der Waals surface area contributed by atoms with Gasteiger partial charge in [-0.05, 0) is 28.9 Å². The molecule has 0 amide bonds. The number of alkyl halides is 3. The van der Waals surface area contributed by atoms with Crippen molar-refractivity contribution >= 4 is 21.7 Å². The fourth-order valence-corrected chi connectivity index (χ4v) is 2.57. The van der Waals surface area contributed by atoms with Crippen molar-refractivity contribution in [2.45, 2.75) is 25.3 Å². The Hall–Kier alpha value is -0.860. The number of anilines is 1. The summed E-state index contributed by atoms with van der Waals surface area (Å²) >= 11 is 3.02. The number of rotatable bonds is 2. The molecule has 112 valence electrons. The molecule has 2 unspecified atom stereocenters. The fourth-order valence-electron chi connectivity index (χ4n) is 2.24. The molecule has 2 heterocycles. The highest BCUT2D eigenvalue weighted by molar-refractivity contribution is 9.10. The fraction of sp³-hybridized carbons (Fsp3) is 0.583. The van der Waals surface area contributed by atoms with Crippen molar-refractivity contribution in [2.24, 2.45) is 5.73 Å². The summed E-state index contributed by atoms with van der Waals surface area (Å²) in [5.41, 5.74) is 4.80. The van der Waals surface area contributed by atoms with E-state index in [9.17, 15) is 13.2 Å². The Morgan fingerprint density at radius 1 is 1.50 bits per heavy atom. The van der Waals surface area contributed by atoms with Crippen LogP contribution in [0, 0.1) is 0 Å². The van der Waals surface area contributed by atoms with Crippen molar-refractivity contribution in [3.8, 4) is 0 Å². The van der Waals surface area contributed by atoms with Crippen LogP contribution in [0.5, 0.6) is 0 Å². The van der Waals surface area contributed by atoms with Gasteiger partial charge in [-0.25, -0.2) is 4.98 Å². The van der Waals surface area contributed by atoms with Gasteiger partial charge in [0.25, 0.3) is 0 Å². The molecular weight excluding hydrogens is 339 g/mol. The van der Waals surface area contributed by atoms with Gasteiger partial charge >= 0.3 is 6.18 Å². The molecule has 0 aromatic carbocycles. The number of pyridine rings is 1. The van der Waals surface area contributed by atoms with E-state index in [0.29, 0.717) is 17.6 Å². The van der Waals surface area contributed by atoms with E-state index in [2.05, 4.69) is 20.9 Å². The van der Waals surface area contributed by atoms with E-state index in [1.807, 2.05) is 0 Å². The van der Waals surface area contributed by atoms with Crippen LogP contribution in [0.25, 0.3) is 0 Å². The average molecular weight is 354 g/mol. The smallest absolute Gasteiger partial charge is 0.370 e. The van der Waals surface area contributed by atoms with Crippen molar-refractivity contribution in [1.82, 2.24) is 4.98 Å². The Kier molecular flexibility index (Phi) is 4.55. The highest BCUT2D eigenvalue weighted by Crippen LogP contribution is 2.37.